The summed E-state index contributed by atoms with van der Waals surface area (Å²) in [4.78, 5) is 18.7. The van der Waals surface area contributed by atoms with Gasteiger partial charge in [0, 0.05) is 25.7 Å². The zero-order valence-corrected chi connectivity index (χ0v) is 18.4. The predicted molar refractivity (Wildman–Crippen MR) is 113 cm³/mol. The number of ether oxygens (including phenoxy) is 1. The number of aromatic nitrogens is 1. The van der Waals surface area contributed by atoms with Gasteiger partial charge in [0.1, 0.15) is 5.75 Å². The zero-order valence-electron chi connectivity index (χ0n) is 18.4. The Balaban J connectivity index is 1.41. The van der Waals surface area contributed by atoms with Gasteiger partial charge in [-0.25, -0.2) is 0 Å². The Bertz CT molecular complexity index is 782. The molecule has 0 aromatic carbocycles. The van der Waals surface area contributed by atoms with Crippen molar-refractivity contribution in [2.75, 3.05) is 7.05 Å². The molecule has 3 unspecified atom stereocenters. The fourth-order valence-electron chi connectivity index (χ4n) is 8.16. The molecule has 0 bridgehead atoms. The summed E-state index contributed by atoms with van der Waals surface area (Å²) < 4.78 is 6.39. The molecule has 0 spiro atoms. The molecule has 4 aliphatic rings. The molecule has 1 aromatic rings. The Hall–Kier alpha value is -1.58. The second-order valence-electron chi connectivity index (χ2n) is 11.1. The fourth-order valence-corrected chi connectivity index (χ4v) is 8.16. The minimum Gasteiger partial charge on any atom is -0.489 e. The lowest BCUT2D eigenvalue weighted by atomic mass is 9.45. The third kappa shape index (κ3) is 2.92. The van der Waals surface area contributed by atoms with E-state index < -0.39 is 0 Å². The molecule has 4 heteroatoms. The Morgan fingerprint density at radius 2 is 2.03 bits per heavy atom. The summed E-state index contributed by atoms with van der Waals surface area (Å²) in [6.45, 7) is 7.49. The molecular weight excluding hydrogens is 360 g/mol. The van der Waals surface area contributed by atoms with Crippen molar-refractivity contribution in [2.45, 2.75) is 77.9 Å². The van der Waals surface area contributed by atoms with Gasteiger partial charge >= 0.3 is 0 Å². The highest BCUT2D eigenvalue weighted by Gasteiger charge is 2.62. The maximum atomic E-state index is 12.4. The van der Waals surface area contributed by atoms with Gasteiger partial charge in [-0.15, -0.1) is 0 Å². The van der Waals surface area contributed by atoms with Crippen LogP contribution in [0.3, 0.4) is 0 Å². The minimum absolute atomic E-state index is 0.281. The molecule has 1 saturated heterocycles. The Morgan fingerprint density at radius 1 is 1.21 bits per heavy atom. The van der Waals surface area contributed by atoms with Crippen LogP contribution in [0.5, 0.6) is 5.75 Å². The molecule has 1 aromatic heterocycles. The van der Waals surface area contributed by atoms with Crippen LogP contribution in [0.2, 0.25) is 0 Å². The fraction of sp³-hybridized carbons (Fsp3) is 0.760. The third-order valence-corrected chi connectivity index (χ3v) is 9.60. The molecule has 158 valence electrons. The first-order valence-electron chi connectivity index (χ1n) is 11.6. The van der Waals surface area contributed by atoms with Crippen LogP contribution in [0.15, 0.2) is 24.5 Å². The molecule has 2 heterocycles. The summed E-state index contributed by atoms with van der Waals surface area (Å²) in [7, 11) is 2.05. The molecule has 3 aliphatic carbocycles. The van der Waals surface area contributed by atoms with Crippen molar-refractivity contribution in [3.8, 4) is 5.75 Å². The van der Waals surface area contributed by atoms with Crippen LogP contribution < -0.4 is 4.74 Å². The van der Waals surface area contributed by atoms with Gasteiger partial charge in [-0.1, -0.05) is 20.8 Å². The Labute approximate surface area is 175 Å². The average Bonchev–Trinajstić information content (AvgIpc) is 3.03. The van der Waals surface area contributed by atoms with Gasteiger partial charge in [0.05, 0.1) is 12.3 Å². The number of rotatable bonds is 2. The quantitative estimate of drug-likeness (QED) is 0.711. The normalized spacial score (nSPS) is 46.6. The lowest BCUT2D eigenvalue weighted by molar-refractivity contribution is -0.164. The van der Waals surface area contributed by atoms with E-state index in [1.54, 1.807) is 6.20 Å². The molecule has 1 amide bonds. The van der Waals surface area contributed by atoms with Crippen LogP contribution in [0.1, 0.15) is 65.7 Å². The lowest BCUT2D eigenvalue weighted by Crippen LogP contribution is -2.62. The number of fused-ring (bicyclic) bond motifs is 5. The van der Waals surface area contributed by atoms with E-state index >= 15 is 0 Å². The van der Waals surface area contributed by atoms with Crippen molar-refractivity contribution in [3.05, 3.63) is 24.5 Å². The van der Waals surface area contributed by atoms with E-state index in [0.717, 1.165) is 36.3 Å². The van der Waals surface area contributed by atoms with Crippen LogP contribution >= 0.6 is 0 Å². The second-order valence-corrected chi connectivity index (χ2v) is 11.1. The van der Waals surface area contributed by atoms with E-state index in [0.29, 0.717) is 29.4 Å². The molecule has 3 saturated carbocycles. The van der Waals surface area contributed by atoms with E-state index in [4.69, 9.17) is 4.74 Å². The number of pyridine rings is 1. The van der Waals surface area contributed by atoms with Crippen molar-refractivity contribution in [1.82, 2.24) is 9.88 Å². The highest BCUT2D eigenvalue weighted by atomic mass is 16.5. The van der Waals surface area contributed by atoms with Crippen molar-refractivity contribution >= 4 is 5.91 Å². The number of hydrogen-bond acceptors (Lipinski definition) is 3. The molecule has 5 rings (SSSR count). The topological polar surface area (TPSA) is 42.4 Å². The smallest absolute Gasteiger partial charge is 0.222 e. The lowest BCUT2D eigenvalue weighted by Gasteiger charge is -2.63. The van der Waals surface area contributed by atoms with Crippen LogP contribution in [-0.2, 0) is 4.79 Å². The Kier molecular flexibility index (Phi) is 4.49. The monoisotopic (exact) mass is 396 g/mol. The van der Waals surface area contributed by atoms with Gasteiger partial charge in [-0.05, 0) is 85.2 Å². The van der Waals surface area contributed by atoms with Gasteiger partial charge in [-0.3, -0.25) is 9.78 Å². The van der Waals surface area contributed by atoms with Gasteiger partial charge in [0.15, 0.2) is 0 Å². The first kappa shape index (κ1) is 19.4. The molecule has 8 atom stereocenters. The largest absolute Gasteiger partial charge is 0.489 e. The molecule has 0 radical (unpaired) electrons. The summed E-state index contributed by atoms with van der Waals surface area (Å²) in [5.74, 6) is 4.17. The van der Waals surface area contributed by atoms with Crippen LogP contribution in [0, 0.1) is 34.5 Å². The first-order valence-corrected chi connectivity index (χ1v) is 11.6. The minimum atomic E-state index is 0.281. The van der Waals surface area contributed by atoms with E-state index in [9.17, 15) is 4.79 Å². The summed E-state index contributed by atoms with van der Waals surface area (Å²) in [6, 6.07) is 4.41. The van der Waals surface area contributed by atoms with Crippen molar-refractivity contribution in [1.29, 1.82) is 0 Å². The predicted octanol–water partition coefficient (Wildman–Crippen LogP) is 4.94. The number of carbonyl (C=O) groups excluding carboxylic acids is 1. The Morgan fingerprint density at radius 3 is 2.79 bits per heavy atom. The summed E-state index contributed by atoms with van der Waals surface area (Å²) in [6.07, 6.45) is 11.9. The van der Waals surface area contributed by atoms with Gasteiger partial charge in [-0.2, -0.15) is 0 Å². The van der Waals surface area contributed by atoms with Gasteiger partial charge < -0.3 is 9.64 Å². The van der Waals surface area contributed by atoms with Crippen LogP contribution in [0.4, 0.5) is 0 Å². The zero-order chi connectivity index (χ0) is 20.4. The maximum absolute atomic E-state index is 12.4. The number of likely N-dealkylation sites (tertiary alicyclic amines) is 1. The summed E-state index contributed by atoms with van der Waals surface area (Å²) >= 11 is 0. The molecule has 1 aliphatic heterocycles. The molecule has 4 nitrogen and oxygen atoms in total. The standard InChI is InChI=1S/C25H36N2O2/c1-16-12-21-25(3,10-8-22(28)27(21)4)19-7-9-24(2)14-18(13-20(24)23(16)19)29-17-6-5-11-26-15-17/h5-6,11,15-16,18-21,23H,7-10,12-14H2,1-4H3/t16?,18?,19-,20+,21?,23-,24-,25-/m1/s1. The summed E-state index contributed by atoms with van der Waals surface area (Å²) in [5.41, 5.74) is 0.672. The number of amides is 1. The number of piperidine rings is 1. The van der Waals surface area contributed by atoms with E-state index in [-0.39, 0.29) is 5.41 Å². The van der Waals surface area contributed by atoms with Crippen LogP contribution in [0.25, 0.3) is 0 Å². The average molecular weight is 397 g/mol. The molecule has 4 fully saturated rings. The highest BCUT2D eigenvalue weighted by Crippen LogP contribution is 2.66. The molecule has 0 N–H and O–H groups in total. The highest BCUT2D eigenvalue weighted by molar-refractivity contribution is 5.77. The van der Waals surface area contributed by atoms with Crippen molar-refractivity contribution in [3.63, 3.8) is 0 Å². The third-order valence-electron chi connectivity index (χ3n) is 9.60. The maximum Gasteiger partial charge on any atom is 0.222 e. The van der Waals surface area contributed by atoms with E-state index in [1.165, 1.54) is 32.1 Å². The molecular formula is C25H36N2O2. The SMILES string of the molecule is CC1CC2N(C)C(=O)CC[C@]2(C)[C@@H]2CC[C@]3(C)CC(Oc4cccnc4)C[C@H]3[C@H]12. The number of hydrogen-bond donors (Lipinski definition) is 0. The summed E-state index contributed by atoms with van der Waals surface area (Å²) in [5, 5.41) is 0. The number of carbonyl (C=O) groups is 1. The van der Waals surface area contributed by atoms with Gasteiger partial charge in [0.2, 0.25) is 5.91 Å². The van der Waals surface area contributed by atoms with Crippen molar-refractivity contribution < 1.29 is 9.53 Å². The van der Waals surface area contributed by atoms with Crippen LogP contribution in [-0.4, -0.2) is 35.0 Å². The first-order chi connectivity index (χ1) is 13.8. The van der Waals surface area contributed by atoms with E-state index in [1.807, 2.05) is 18.3 Å². The molecule has 29 heavy (non-hydrogen) atoms. The van der Waals surface area contributed by atoms with Gasteiger partial charge in [0.25, 0.3) is 0 Å². The second kappa shape index (κ2) is 6.72. The number of nitrogens with zero attached hydrogens (tertiary/aromatic N) is 2. The van der Waals surface area contributed by atoms with E-state index in [2.05, 4.69) is 37.7 Å². The van der Waals surface area contributed by atoms with Crippen molar-refractivity contribution in [2.24, 2.45) is 34.5 Å².